The fourth-order valence-corrected chi connectivity index (χ4v) is 3.07. The smallest absolute Gasteiger partial charge is 0.262 e. The summed E-state index contributed by atoms with van der Waals surface area (Å²) in [6, 6.07) is 0. The van der Waals surface area contributed by atoms with Crippen molar-refractivity contribution >= 4 is 21.6 Å². The molecule has 0 aliphatic rings. The number of alkyl halides is 1. The Morgan fingerprint density at radius 3 is 2.33 bits per heavy atom. The van der Waals surface area contributed by atoms with E-state index in [-0.39, 0.29) is 16.0 Å². The summed E-state index contributed by atoms with van der Waals surface area (Å²) in [5, 5.41) is 16.1. The van der Waals surface area contributed by atoms with Crippen LogP contribution in [0.1, 0.15) is 32.2 Å². The second-order valence-electron chi connectivity index (χ2n) is 5.68. The molecule has 0 spiro atoms. The Morgan fingerprint density at radius 1 is 1.44 bits per heavy atom. The molecule has 0 amide bonds. The van der Waals surface area contributed by atoms with E-state index in [2.05, 4.69) is 41.8 Å². The Bertz CT molecular complexity index is 449. The first-order valence-electron chi connectivity index (χ1n) is 5.92. The predicted molar refractivity (Wildman–Crippen MR) is 75.1 cm³/mol. The van der Waals surface area contributed by atoms with Crippen molar-refractivity contribution in [2.24, 2.45) is 11.3 Å². The summed E-state index contributed by atoms with van der Waals surface area (Å²) >= 11 is 3.51. The summed E-state index contributed by atoms with van der Waals surface area (Å²) in [4.78, 5) is 10.6. The van der Waals surface area contributed by atoms with Gasteiger partial charge in [0.05, 0.1) is 4.92 Å². The molecule has 0 aliphatic carbocycles. The zero-order chi connectivity index (χ0) is 14.1. The molecule has 1 aromatic rings. The summed E-state index contributed by atoms with van der Waals surface area (Å²) in [5.41, 5.74) is 1.38. The lowest BCUT2D eigenvalue weighted by Gasteiger charge is -2.29. The second-order valence-corrected chi connectivity index (χ2v) is 6.32. The summed E-state index contributed by atoms with van der Waals surface area (Å²) < 4.78 is 1.75. The van der Waals surface area contributed by atoms with Crippen LogP contribution >= 0.6 is 15.9 Å². The van der Waals surface area contributed by atoms with Crippen LogP contribution in [0.25, 0.3) is 0 Å². The van der Waals surface area contributed by atoms with Crippen molar-refractivity contribution in [2.75, 3.05) is 5.33 Å². The number of aromatic nitrogens is 2. The van der Waals surface area contributed by atoms with Crippen LogP contribution in [0.15, 0.2) is 0 Å². The maximum atomic E-state index is 11.0. The van der Waals surface area contributed by atoms with Gasteiger partial charge < -0.3 is 0 Å². The lowest BCUT2D eigenvalue weighted by atomic mass is 9.82. The van der Waals surface area contributed by atoms with Gasteiger partial charge >= 0.3 is 5.69 Å². The second kappa shape index (κ2) is 5.38. The standard InChI is InChI=1S/C12H20BrN3O2/c1-8-11(16(17)18)9(2)15(14-8)7-10(6-13)12(3,4)5/h10H,6-7H2,1-5H3. The van der Waals surface area contributed by atoms with Crippen molar-refractivity contribution < 1.29 is 4.92 Å². The fourth-order valence-electron chi connectivity index (χ4n) is 1.89. The van der Waals surface area contributed by atoms with Crippen LogP contribution in [0.2, 0.25) is 0 Å². The number of hydrogen-bond acceptors (Lipinski definition) is 3. The Labute approximate surface area is 116 Å². The van der Waals surface area contributed by atoms with Crippen molar-refractivity contribution in [1.29, 1.82) is 0 Å². The molecule has 0 saturated carbocycles. The molecule has 102 valence electrons. The van der Waals surface area contributed by atoms with Gasteiger partial charge in [0.25, 0.3) is 0 Å². The van der Waals surface area contributed by atoms with Crippen LogP contribution in [0, 0.1) is 35.3 Å². The maximum Gasteiger partial charge on any atom is 0.312 e. The monoisotopic (exact) mass is 317 g/mol. The third kappa shape index (κ3) is 3.10. The number of aryl methyl sites for hydroxylation is 1. The van der Waals surface area contributed by atoms with Gasteiger partial charge in [-0.25, -0.2) is 0 Å². The van der Waals surface area contributed by atoms with E-state index in [0.717, 1.165) is 5.33 Å². The van der Waals surface area contributed by atoms with E-state index in [4.69, 9.17) is 0 Å². The van der Waals surface area contributed by atoms with Gasteiger partial charge in [-0.3, -0.25) is 14.8 Å². The molecule has 0 saturated heterocycles. The van der Waals surface area contributed by atoms with Crippen molar-refractivity contribution in [1.82, 2.24) is 9.78 Å². The minimum Gasteiger partial charge on any atom is -0.262 e. The SMILES string of the molecule is Cc1nn(CC(CBr)C(C)(C)C)c(C)c1[N+](=O)[O-]. The Balaban J connectivity index is 3.06. The molecule has 5 nitrogen and oxygen atoms in total. The topological polar surface area (TPSA) is 61.0 Å². The molecule has 0 aliphatic heterocycles. The molecule has 1 aromatic heterocycles. The summed E-state index contributed by atoms with van der Waals surface area (Å²) in [6.45, 7) is 10.6. The van der Waals surface area contributed by atoms with E-state index in [9.17, 15) is 10.1 Å². The van der Waals surface area contributed by atoms with Gasteiger partial charge in [0.1, 0.15) is 11.4 Å². The number of nitro groups is 1. The van der Waals surface area contributed by atoms with Gasteiger partial charge in [-0.1, -0.05) is 36.7 Å². The van der Waals surface area contributed by atoms with E-state index in [1.165, 1.54) is 0 Å². The quantitative estimate of drug-likeness (QED) is 0.485. The molecule has 1 rings (SSSR count). The van der Waals surface area contributed by atoms with Crippen LogP contribution in [0.3, 0.4) is 0 Å². The van der Waals surface area contributed by atoms with Crippen LogP contribution in [0.4, 0.5) is 5.69 Å². The molecule has 1 atom stereocenters. The lowest BCUT2D eigenvalue weighted by Crippen LogP contribution is -2.27. The average molecular weight is 318 g/mol. The lowest BCUT2D eigenvalue weighted by molar-refractivity contribution is -0.386. The molecular formula is C12H20BrN3O2. The minimum absolute atomic E-state index is 0.130. The number of halogens is 1. The first kappa shape index (κ1) is 15.1. The van der Waals surface area contributed by atoms with Crippen LogP contribution in [-0.4, -0.2) is 20.0 Å². The van der Waals surface area contributed by atoms with Crippen molar-refractivity contribution in [3.05, 3.63) is 21.5 Å². The third-order valence-corrected chi connectivity index (χ3v) is 4.11. The zero-order valence-electron chi connectivity index (χ0n) is 11.5. The highest BCUT2D eigenvalue weighted by Gasteiger charge is 2.28. The largest absolute Gasteiger partial charge is 0.312 e. The Morgan fingerprint density at radius 2 is 2.00 bits per heavy atom. The number of hydrogen-bond donors (Lipinski definition) is 0. The average Bonchev–Trinajstić information content (AvgIpc) is 2.48. The highest BCUT2D eigenvalue weighted by molar-refractivity contribution is 9.09. The van der Waals surface area contributed by atoms with Crippen molar-refractivity contribution in [3.8, 4) is 0 Å². The fraction of sp³-hybridized carbons (Fsp3) is 0.750. The van der Waals surface area contributed by atoms with E-state index < -0.39 is 0 Å². The van der Waals surface area contributed by atoms with Crippen molar-refractivity contribution in [3.63, 3.8) is 0 Å². The van der Waals surface area contributed by atoms with E-state index in [1.54, 1.807) is 18.5 Å². The van der Waals surface area contributed by atoms with Gasteiger partial charge in [0.15, 0.2) is 0 Å². The molecule has 1 heterocycles. The number of nitrogens with zero attached hydrogens (tertiary/aromatic N) is 3. The maximum absolute atomic E-state index is 11.0. The predicted octanol–water partition coefficient (Wildman–Crippen LogP) is 3.47. The van der Waals surface area contributed by atoms with Gasteiger partial charge in [0.2, 0.25) is 0 Å². The first-order valence-corrected chi connectivity index (χ1v) is 7.05. The highest BCUT2D eigenvalue weighted by atomic mass is 79.9. The highest BCUT2D eigenvalue weighted by Crippen LogP contribution is 2.30. The van der Waals surface area contributed by atoms with Gasteiger partial charge in [-0.15, -0.1) is 0 Å². The molecular weight excluding hydrogens is 298 g/mol. The van der Waals surface area contributed by atoms with E-state index in [1.807, 2.05) is 0 Å². The van der Waals surface area contributed by atoms with Gasteiger partial charge in [-0.2, -0.15) is 5.10 Å². The molecule has 0 radical (unpaired) electrons. The summed E-state index contributed by atoms with van der Waals surface area (Å²) in [7, 11) is 0. The molecule has 1 unspecified atom stereocenters. The van der Waals surface area contributed by atoms with Gasteiger partial charge in [-0.05, 0) is 25.2 Å². The number of rotatable bonds is 4. The van der Waals surface area contributed by atoms with E-state index >= 15 is 0 Å². The van der Waals surface area contributed by atoms with Crippen molar-refractivity contribution in [2.45, 2.75) is 41.2 Å². The minimum atomic E-state index is -0.353. The Kier molecular flexibility index (Phi) is 4.53. The van der Waals surface area contributed by atoms with E-state index in [0.29, 0.717) is 23.9 Å². The molecule has 6 heteroatoms. The van der Waals surface area contributed by atoms with Crippen LogP contribution < -0.4 is 0 Å². The van der Waals surface area contributed by atoms with Crippen LogP contribution in [-0.2, 0) is 6.54 Å². The first-order chi connectivity index (χ1) is 8.18. The third-order valence-electron chi connectivity index (χ3n) is 3.33. The zero-order valence-corrected chi connectivity index (χ0v) is 13.1. The molecule has 0 fully saturated rings. The summed E-state index contributed by atoms with van der Waals surface area (Å²) in [5.74, 6) is 0.370. The molecule has 0 N–H and O–H groups in total. The Hall–Kier alpha value is -0.910. The summed E-state index contributed by atoms with van der Waals surface area (Å²) in [6.07, 6.45) is 0. The molecule has 18 heavy (non-hydrogen) atoms. The van der Waals surface area contributed by atoms with Crippen LogP contribution in [0.5, 0.6) is 0 Å². The molecule has 0 bridgehead atoms. The molecule has 0 aromatic carbocycles. The van der Waals surface area contributed by atoms with Gasteiger partial charge in [0, 0.05) is 11.9 Å². The normalized spacial score (nSPS) is 13.7.